The summed E-state index contributed by atoms with van der Waals surface area (Å²) in [5.74, 6) is 1.46. The fraction of sp³-hybridized carbons (Fsp3) is 0.600. The molecule has 2 aliphatic rings. The van der Waals surface area contributed by atoms with Crippen molar-refractivity contribution in [1.82, 2.24) is 10.2 Å². The highest BCUT2D eigenvalue weighted by atomic mass is 16.5. The zero-order chi connectivity index (χ0) is 17.8. The lowest BCUT2D eigenvalue weighted by Gasteiger charge is -2.33. The molecule has 0 bridgehead atoms. The lowest BCUT2D eigenvalue weighted by molar-refractivity contribution is -0.139. The lowest BCUT2D eigenvalue weighted by atomic mass is 10.1. The van der Waals surface area contributed by atoms with E-state index in [1.165, 1.54) is 12.8 Å². The highest BCUT2D eigenvalue weighted by molar-refractivity contribution is 5.88. The van der Waals surface area contributed by atoms with Gasteiger partial charge >= 0.3 is 0 Å². The number of hydrogen-bond donors (Lipinski definition) is 1. The maximum absolute atomic E-state index is 13.2. The minimum atomic E-state index is -0.380. The zero-order valence-corrected chi connectivity index (χ0v) is 15.2. The molecule has 2 fully saturated rings. The summed E-state index contributed by atoms with van der Waals surface area (Å²) in [6.45, 7) is 2.71. The number of rotatable bonds is 6. The van der Waals surface area contributed by atoms with Gasteiger partial charge in [0.05, 0.1) is 7.11 Å². The summed E-state index contributed by atoms with van der Waals surface area (Å²) in [4.78, 5) is 27.0. The van der Waals surface area contributed by atoms with Gasteiger partial charge in [0.15, 0.2) is 0 Å². The van der Waals surface area contributed by atoms with E-state index in [0.717, 1.165) is 30.6 Å². The van der Waals surface area contributed by atoms with Gasteiger partial charge in [-0.25, -0.2) is 0 Å². The molecule has 0 radical (unpaired) electrons. The molecule has 25 heavy (non-hydrogen) atoms. The first-order valence-corrected chi connectivity index (χ1v) is 9.31. The molecule has 1 aliphatic carbocycles. The third-order valence-corrected chi connectivity index (χ3v) is 5.37. The van der Waals surface area contributed by atoms with E-state index in [1.54, 1.807) is 7.11 Å². The third-order valence-electron chi connectivity index (χ3n) is 5.37. The summed E-state index contributed by atoms with van der Waals surface area (Å²) >= 11 is 0. The Balaban J connectivity index is 1.75. The van der Waals surface area contributed by atoms with Crippen LogP contribution in [0.25, 0.3) is 0 Å². The molecule has 1 aromatic rings. The number of methoxy groups -OCH3 is 1. The maximum Gasteiger partial charge on any atom is 0.245 e. The maximum atomic E-state index is 13.2. The Labute approximate surface area is 149 Å². The molecule has 1 aromatic carbocycles. The van der Waals surface area contributed by atoms with Gasteiger partial charge in [0, 0.05) is 19.0 Å². The van der Waals surface area contributed by atoms with Crippen LogP contribution in [0.4, 0.5) is 0 Å². The van der Waals surface area contributed by atoms with Gasteiger partial charge in [-0.1, -0.05) is 18.6 Å². The first kappa shape index (κ1) is 17.8. The number of carbonyl (C=O) groups is 2. The SMILES string of the molecule is COc1ccc(CN(C(=O)[C@@H]2CCCCC(=O)N2)[C@H](C)C2CC2)cc1. The van der Waals surface area contributed by atoms with E-state index in [1.807, 2.05) is 29.2 Å². The fourth-order valence-corrected chi connectivity index (χ4v) is 3.54. The van der Waals surface area contributed by atoms with Crippen molar-refractivity contribution in [3.63, 3.8) is 0 Å². The predicted octanol–water partition coefficient (Wildman–Crippen LogP) is 2.88. The van der Waals surface area contributed by atoms with Crippen LogP contribution in [0.1, 0.15) is 51.0 Å². The summed E-state index contributed by atoms with van der Waals surface area (Å²) < 4.78 is 5.21. The van der Waals surface area contributed by atoms with Gasteiger partial charge in [-0.2, -0.15) is 0 Å². The van der Waals surface area contributed by atoms with E-state index in [-0.39, 0.29) is 23.9 Å². The molecule has 136 valence electrons. The Kier molecular flexibility index (Phi) is 5.61. The summed E-state index contributed by atoms with van der Waals surface area (Å²) in [5.41, 5.74) is 1.08. The standard InChI is InChI=1S/C20H28N2O3/c1-14(16-9-10-16)22(13-15-7-11-17(25-2)12-8-15)20(24)18-5-3-4-6-19(23)21-18/h7-8,11-12,14,16,18H,3-6,9-10,13H2,1-2H3,(H,21,23)/t14-,18+/m1/s1. The van der Waals surface area contributed by atoms with Gasteiger partial charge < -0.3 is 15.0 Å². The van der Waals surface area contributed by atoms with E-state index in [2.05, 4.69) is 12.2 Å². The van der Waals surface area contributed by atoms with Crippen LogP contribution in [-0.4, -0.2) is 35.9 Å². The number of hydrogen-bond acceptors (Lipinski definition) is 3. The molecule has 1 saturated carbocycles. The second kappa shape index (κ2) is 7.89. The van der Waals surface area contributed by atoms with Gasteiger partial charge in [0.2, 0.25) is 11.8 Å². The second-order valence-electron chi connectivity index (χ2n) is 7.26. The molecule has 0 spiro atoms. The van der Waals surface area contributed by atoms with Crippen molar-refractivity contribution in [2.75, 3.05) is 7.11 Å². The molecule has 1 saturated heterocycles. The van der Waals surface area contributed by atoms with Crippen LogP contribution in [0.15, 0.2) is 24.3 Å². The first-order valence-electron chi connectivity index (χ1n) is 9.31. The normalized spacial score (nSPS) is 21.8. The van der Waals surface area contributed by atoms with E-state index in [9.17, 15) is 9.59 Å². The van der Waals surface area contributed by atoms with Crippen LogP contribution in [-0.2, 0) is 16.1 Å². The van der Waals surface area contributed by atoms with Crippen molar-refractivity contribution in [3.05, 3.63) is 29.8 Å². The smallest absolute Gasteiger partial charge is 0.245 e. The molecule has 3 rings (SSSR count). The molecule has 5 nitrogen and oxygen atoms in total. The molecule has 2 atom stereocenters. The van der Waals surface area contributed by atoms with E-state index in [0.29, 0.717) is 18.9 Å². The van der Waals surface area contributed by atoms with Crippen molar-refractivity contribution in [2.24, 2.45) is 5.92 Å². The number of carbonyl (C=O) groups excluding carboxylic acids is 2. The molecule has 0 aromatic heterocycles. The largest absolute Gasteiger partial charge is 0.497 e. The van der Waals surface area contributed by atoms with Crippen molar-refractivity contribution in [1.29, 1.82) is 0 Å². The molecular weight excluding hydrogens is 316 g/mol. The summed E-state index contributed by atoms with van der Waals surface area (Å²) in [6, 6.07) is 7.68. The third kappa shape index (κ3) is 4.53. The highest BCUT2D eigenvalue weighted by Crippen LogP contribution is 2.36. The average Bonchev–Trinajstić information content (AvgIpc) is 3.47. The minimum Gasteiger partial charge on any atom is -0.497 e. The van der Waals surface area contributed by atoms with Crippen molar-refractivity contribution >= 4 is 11.8 Å². The van der Waals surface area contributed by atoms with Crippen LogP contribution in [0.2, 0.25) is 0 Å². The van der Waals surface area contributed by atoms with Crippen molar-refractivity contribution < 1.29 is 14.3 Å². The zero-order valence-electron chi connectivity index (χ0n) is 15.2. The number of nitrogens with zero attached hydrogens (tertiary/aromatic N) is 1. The van der Waals surface area contributed by atoms with Gasteiger partial charge in [0.1, 0.15) is 11.8 Å². The predicted molar refractivity (Wildman–Crippen MR) is 96.1 cm³/mol. The van der Waals surface area contributed by atoms with Crippen LogP contribution in [0, 0.1) is 5.92 Å². The van der Waals surface area contributed by atoms with E-state index >= 15 is 0 Å². The van der Waals surface area contributed by atoms with Crippen LogP contribution in [0.5, 0.6) is 5.75 Å². The highest BCUT2D eigenvalue weighted by Gasteiger charge is 2.37. The van der Waals surface area contributed by atoms with Gasteiger partial charge in [-0.3, -0.25) is 9.59 Å². The Hall–Kier alpha value is -2.04. The van der Waals surface area contributed by atoms with Gasteiger partial charge in [-0.15, -0.1) is 0 Å². The Morgan fingerprint density at radius 2 is 1.96 bits per heavy atom. The topological polar surface area (TPSA) is 58.6 Å². The molecular formula is C20H28N2O3. The monoisotopic (exact) mass is 344 g/mol. The number of amides is 2. The Bertz CT molecular complexity index is 610. The second-order valence-corrected chi connectivity index (χ2v) is 7.26. The van der Waals surface area contributed by atoms with Gasteiger partial charge in [-0.05, 0) is 56.2 Å². The molecule has 1 aliphatic heterocycles. The average molecular weight is 344 g/mol. The Morgan fingerprint density at radius 3 is 2.60 bits per heavy atom. The molecule has 5 heteroatoms. The summed E-state index contributed by atoms with van der Waals surface area (Å²) in [5, 5.41) is 2.93. The molecule has 1 heterocycles. The fourth-order valence-electron chi connectivity index (χ4n) is 3.54. The summed E-state index contributed by atoms with van der Waals surface area (Å²) in [6.07, 6.45) is 5.42. The summed E-state index contributed by atoms with van der Waals surface area (Å²) in [7, 11) is 1.65. The molecule has 1 N–H and O–H groups in total. The quantitative estimate of drug-likeness (QED) is 0.863. The number of benzene rings is 1. The van der Waals surface area contributed by atoms with Crippen LogP contribution in [0.3, 0.4) is 0 Å². The van der Waals surface area contributed by atoms with Crippen LogP contribution >= 0.6 is 0 Å². The van der Waals surface area contributed by atoms with E-state index in [4.69, 9.17) is 4.74 Å². The Morgan fingerprint density at radius 1 is 1.24 bits per heavy atom. The first-order chi connectivity index (χ1) is 12.1. The molecule has 2 amide bonds. The van der Waals surface area contributed by atoms with E-state index < -0.39 is 0 Å². The lowest BCUT2D eigenvalue weighted by Crippen LogP contribution is -2.50. The van der Waals surface area contributed by atoms with Crippen molar-refractivity contribution in [3.8, 4) is 5.75 Å². The minimum absolute atomic E-state index is 0.000627. The number of nitrogens with one attached hydrogen (secondary N) is 1. The van der Waals surface area contributed by atoms with Crippen LogP contribution < -0.4 is 10.1 Å². The van der Waals surface area contributed by atoms with Gasteiger partial charge in [0.25, 0.3) is 0 Å². The van der Waals surface area contributed by atoms with Crippen molar-refractivity contribution in [2.45, 2.75) is 64.1 Å². The molecule has 0 unspecified atom stereocenters. The number of ether oxygens (including phenoxy) is 1.